The summed E-state index contributed by atoms with van der Waals surface area (Å²) < 4.78 is 33.3. The summed E-state index contributed by atoms with van der Waals surface area (Å²) in [5.41, 5.74) is 3.03. The van der Waals surface area contributed by atoms with Crippen LogP contribution < -0.4 is 29.1 Å². The molecule has 0 saturated heterocycles. The molecular weight excluding hydrogens is 642 g/mol. The van der Waals surface area contributed by atoms with Gasteiger partial charge in [0.15, 0.2) is 16.3 Å². The fourth-order valence-electron chi connectivity index (χ4n) is 6.18. The number of carbonyl (C=O) groups is 1. The molecule has 10 heteroatoms. The standard InChI is InChI=1S/C39H38FN3O5S/c1-6-42(7-2)38(45)34-24(4)41-39-43(36(34)35-29-12-10-9-11-27(29)16-20-31(35)46-5)37(44)33(49-39)22-26-15-19-30(32(21-26)47-8-3)48-23-25-13-17-28(40)18-14-25/h9-22,36H,6-8,23H2,1-5H3/b33-22+/t36-/m0/s1. The molecular formula is C39H38FN3O5S. The third-order valence-corrected chi connectivity index (χ3v) is 9.58. The molecule has 0 spiro atoms. The lowest BCUT2D eigenvalue weighted by atomic mass is 9.90. The molecule has 0 saturated carbocycles. The number of thiazole rings is 1. The molecule has 4 aromatic carbocycles. The Labute approximate surface area is 288 Å². The number of ether oxygens (including phenoxy) is 3. The average molecular weight is 680 g/mol. The Balaban J connectivity index is 1.49. The van der Waals surface area contributed by atoms with Crippen LogP contribution in [0.4, 0.5) is 4.39 Å². The first-order valence-electron chi connectivity index (χ1n) is 16.3. The van der Waals surface area contributed by atoms with Crippen LogP contribution in [-0.2, 0) is 11.4 Å². The van der Waals surface area contributed by atoms with Crippen molar-refractivity contribution in [1.29, 1.82) is 0 Å². The number of carbonyl (C=O) groups excluding carboxylic acids is 1. The first kappa shape index (κ1) is 33.7. The first-order valence-corrected chi connectivity index (χ1v) is 17.1. The van der Waals surface area contributed by atoms with Crippen molar-refractivity contribution in [3.63, 3.8) is 0 Å². The Morgan fingerprint density at radius 2 is 1.69 bits per heavy atom. The van der Waals surface area contributed by atoms with Crippen molar-refractivity contribution in [2.45, 2.75) is 40.3 Å². The molecule has 1 aliphatic rings. The number of aromatic nitrogens is 1. The van der Waals surface area contributed by atoms with Crippen LogP contribution in [-0.4, -0.2) is 42.2 Å². The van der Waals surface area contributed by atoms with E-state index in [4.69, 9.17) is 19.2 Å². The molecule has 0 bridgehead atoms. The van der Waals surface area contributed by atoms with E-state index in [1.165, 1.54) is 23.5 Å². The minimum Gasteiger partial charge on any atom is -0.496 e. The Hall–Kier alpha value is -5.22. The van der Waals surface area contributed by atoms with E-state index in [-0.39, 0.29) is 23.9 Å². The molecule has 1 aliphatic heterocycles. The molecule has 0 radical (unpaired) electrons. The third-order valence-electron chi connectivity index (χ3n) is 8.60. The number of nitrogens with zero attached hydrogens (tertiary/aromatic N) is 3. The van der Waals surface area contributed by atoms with Crippen molar-refractivity contribution >= 4 is 34.1 Å². The molecule has 5 aromatic rings. The lowest BCUT2D eigenvalue weighted by Gasteiger charge is -2.30. The van der Waals surface area contributed by atoms with Crippen molar-refractivity contribution in [3.05, 3.63) is 132 Å². The molecule has 0 aliphatic carbocycles. The van der Waals surface area contributed by atoms with Crippen LogP contribution in [0.2, 0.25) is 0 Å². The normalized spacial score (nSPS) is 14.4. The summed E-state index contributed by atoms with van der Waals surface area (Å²) in [6, 6.07) is 22.6. The second-order valence-electron chi connectivity index (χ2n) is 11.5. The molecule has 49 heavy (non-hydrogen) atoms. The van der Waals surface area contributed by atoms with Gasteiger partial charge in [-0.05, 0) is 86.0 Å². The number of rotatable bonds is 11. The van der Waals surface area contributed by atoms with Crippen molar-refractivity contribution < 1.29 is 23.4 Å². The molecule has 0 N–H and O–H groups in total. The predicted octanol–water partition coefficient (Wildman–Crippen LogP) is 6.38. The molecule has 0 fully saturated rings. The summed E-state index contributed by atoms with van der Waals surface area (Å²) in [4.78, 5) is 35.8. The molecule has 252 valence electrons. The topological polar surface area (TPSA) is 82.4 Å². The van der Waals surface area contributed by atoms with Gasteiger partial charge in [0.1, 0.15) is 24.2 Å². The van der Waals surface area contributed by atoms with Gasteiger partial charge >= 0.3 is 0 Å². The van der Waals surface area contributed by atoms with Gasteiger partial charge in [0.05, 0.1) is 29.5 Å². The summed E-state index contributed by atoms with van der Waals surface area (Å²) in [6.45, 7) is 9.28. The van der Waals surface area contributed by atoms with Gasteiger partial charge in [0.2, 0.25) is 0 Å². The third kappa shape index (κ3) is 6.61. The van der Waals surface area contributed by atoms with Crippen LogP contribution in [0.15, 0.2) is 99.9 Å². The smallest absolute Gasteiger partial charge is 0.271 e. The van der Waals surface area contributed by atoms with Crippen LogP contribution in [0.3, 0.4) is 0 Å². The second kappa shape index (κ2) is 14.5. The van der Waals surface area contributed by atoms with E-state index in [2.05, 4.69) is 0 Å². The number of halogens is 1. The lowest BCUT2D eigenvalue weighted by Crippen LogP contribution is -2.43. The van der Waals surface area contributed by atoms with Crippen molar-refractivity contribution in [3.8, 4) is 17.2 Å². The average Bonchev–Trinajstić information content (AvgIpc) is 3.41. The number of likely N-dealkylation sites (N-methyl/N-ethyl adjacent to an activating group) is 1. The monoisotopic (exact) mass is 679 g/mol. The molecule has 1 amide bonds. The Bertz CT molecular complexity index is 2240. The fraction of sp³-hybridized carbons (Fsp3) is 0.256. The predicted molar refractivity (Wildman–Crippen MR) is 191 cm³/mol. The second-order valence-corrected chi connectivity index (χ2v) is 12.5. The maximum Gasteiger partial charge on any atom is 0.271 e. The summed E-state index contributed by atoms with van der Waals surface area (Å²) >= 11 is 1.27. The Morgan fingerprint density at radius 1 is 0.959 bits per heavy atom. The van der Waals surface area contributed by atoms with Crippen molar-refractivity contribution in [2.24, 2.45) is 4.99 Å². The lowest BCUT2D eigenvalue weighted by molar-refractivity contribution is -0.127. The minimum absolute atomic E-state index is 0.168. The van der Waals surface area contributed by atoms with Gasteiger partial charge in [-0.25, -0.2) is 9.38 Å². The zero-order chi connectivity index (χ0) is 34.7. The molecule has 1 atom stereocenters. The fourth-order valence-corrected chi connectivity index (χ4v) is 7.23. The largest absolute Gasteiger partial charge is 0.496 e. The van der Waals surface area contributed by atoms with Crippen LogP contribution in [0, 0.1) is 5.82 Å². The first-order chi connectivity index (χ1) is 23.8. The summed E-state index contributed by atoms with van der Waals surface area (Å²) in [7, 11) is 1.60. The van der Waals surface area contributed by atoms with Crippen LogP contribution >= 0.6 is 11.3 Å². The summed E-state index contributed by atoms with van der Waals surface area (Å²) in [6.07, 6.45) is 1.80. The summed E-state index contributed by atoms with van der Waals surface area (Å²) in [5, 5.41) is 1.86. The van der Waals surface area contributed by atoms with E-state index in [1.54, 1.807) is 40.9 Å². The zero-order valence-corrected chi connectivity index (χ0v) is 29.0. The highest BCUT2D eigenvalue weighted by molar-refractivity contribution is 7.07. The molecule has 2 heterocycles. The zero-order valence-electron chi connectivity index (χ0n) is 28.2. The highest BCUT2D eigenvalue weighted by Crippen LogP contribution is 2.40. The number of methoxy groups -OCH3 is 1. The SMILES string of the molecule is CCOc1cc(/C=c2/sc3n(c2=O)[C@H](c2c(OC)ccc4ccccc24)C(C(=O)N(CC)CC)=C(C)N=3)ccc1OCc1ccc(F)cc1. The minimum atomic E-state index is -0.770. The number of hydrogen-bond donors (Lipinski definition) is 0. The van der Waals surface area contributed by atoms with Crippen LogP contribution in [0.25, 0.3) is 16.8 Å². The van der Waals surface area contributed by atoms with Gasteiger partial charge in [0.25, 0.3) is 11.5 Å². The van der Waals surface area contributed by atoms with E-state index in [0.29, 0.717) is 57.5 Å². The highest BCUT2D eigenvalue weighted by atomic mass is 32.1. The van der Waals surface area contributed by atoms with Gasteiger partial charge in [0, 0.05) is 18.7 Å². The number of amides is 1. The van der Waals surface area contributed by atoms with Crippen LogP contribution in [0.1, 0.15) is 50.4 Å². The van der Waals surface area contributed by atoms with Gasteiger partial charge in [-0.1, -0.05) is 59.9 Å². The number of allylic oxidation sites excluding steroid dienone is 1. The Morgan fingerprint density at radius 3 is 2.41 bits per heavy atom. The number of benzene rings is 4. The maximum absolute atomic E-state index is 14.5. The molecule has 1 aromatic heterocycles. The van der Waals surface area contributed by atoms with E-state index in [0.717, 1.165) is 27.5 Å². The van der Waals surface area contributed by atoms with Gasteiger partial charge in [-0.15, -0.1) is 0 Å². The van der Waals surface area contributed by atoms with Gasteiger partial charge < -0.3 is 19.1 Å². The van der Waals surface area contributed by atoms with Gasteiger partial charge in [-0.3, -0.25) is 14.2 Å². The summed E-state index contributed by atoms with van der Waals surface area (Å²) in [5.74, 6) is 1.15. The quantitative estimate of drug-likeness (QED) is 0.162. The maximum atomic E-state index is 14.5. The van der Waals surface area contributed by atoms with E-state index >= 15 is 0 Å². The molecule has 0 unspecified atom stereocenters. The molecule has 6 rings (SSSR count). The Kier molecular flexibility index (Phi) is 9.96. The number of fused-ring (bicyclic) bond motifs is 2. The van der Waals surface area contributed by atoms with Crippen LogP contribution in [0.5, 0.6) is 17.2 Å². The van der Waals surface area contributed by atoms with E-state index < -0.39 is 6.04 Å². The van der Waals surface area contributed by atoms with E-state index in [1.807, 2.05) is 76.2 Å². The number of hydrogen-bond acceptors (Lipinski definition) is 7. The highest BCUT2D eigenvalue weighted by Gasteiger charge is 2.36. The van der Waals surface area contributed by atoms with Gasteiger partial charge in [-0.2, -0.15) is 0 Å². The van der Waals surface area contributed by atoms with E-state index in [9.17, 15) is 14.0 Å². The van der Waals surface area contributed by atoms with Crippen molar-refractivity contribution in [2.75, 3.05) is 26.8 Å². The van der Waals surface area contributed by atoms with Crippen molar-refractivity contribution in [1.82, 2.24) is 9.47 Å². The molecule has 8 nitrogen and oxygen atoms in total.